The van der Waals surface area contributed by atoms with Gasteiger partial charge in [0.05, 0.1) is 6.20 Å². The highest BCUT2D eigenvalue weighted by atomic mass is 19.1. The van der Waals surface area contributed by atoms with Crippen molar-refractivity contribution in [1.29, 1.82) is 0 Å². The minimum absolute atomic E-state index is 0.0104. The van der Waals surface area contributed by atoms with Crippen LogP contribution in [0, 0.1) is 12.7 Å². The summed E-state index contributed by atoms with van der Waals surface area (Å²) in [5, 5.41) is 6.65. The summed E-state index contributed by atoms with van der Waals surface area (Å²) in [7, 11) is 0. The monoisotopic (exact) mass is 288 g/mol. The fourth-order valence-electron chi connectivity index (χ4n) is 2.54. The van der Waals surface area contributed by atoms with Gasteiger partial charge >= 0.3 is 0 Å². The maximum atomic E-state index is 12.9. The van der Waals surface area contributed by atoms with Gasteiger partial charge in [0.25, 0.3) is 5.91 Å². The summed E-state index contributed by atoms with van der Waals surface area (Å²) in [5.41, 5.74) is 2.41. The number of rotatable bonds is 2. The summed E-state index contributed by atoms with van der Waals surface area (Å²) < 4.78 is 12.9. The fraction of sp³-hybridized carbons (Fsp3) is 0.333. The van der Waals surface area contributed by atoms with E-state index in [1.54, 1.807) is 18.3 Å². The standard InChI is InChI=1S/C15H17FN4O/c1-11-10-17-18-14(11)15(21)20-8-6-19(7-9-20)13-4-2-12(16)3-5-13/h2-5,10H,6-9H2,1H3,(H,17,18). The maximum absolute atomic E-state index is 12.9. The molecule has 0 atom stereocenters. The molecule has 21 heavy (non-hydrogen) atoms. The number of H-pyrrole nitrogens is 1. The van der Waals surface area contributed by atoms with Crippen LogP contribution < -0.4 is 4.90 Å². The number of hydrogen-bond acceptors (Lipinski definition) is 3. The number of halogens is 1. The Morgan fingerprint density at radius 2 is 1.86 bits per heavy atom. The van der Waals surface area contributed by atoms with Crippen molar-refractivity contribution < 1.29 is 9.18 Å². The molecule has 3 rings (SSSR count). The largest absolute Gasteiger partial charge is 0.368 e. The molecular formula is C15H17FN4O. The Morgan fingerprint density at radius 3 is 2.43 bits per heavy atom. The van der Waals surface area contributed by atoms with Crippen LogP contribution in [-0.4, -0.2) is 47.2 Å². The Morgan fingerprint density at radius 1 is 1.19 bits per heavy atom. The van der Waals surface area contributed by atoms with Gasteiger partial charge in [-0.3, -0.25) is 9.89 Å². The first-order valence-electron chi connectivity index (χ1n) is 6.95. The summed E-state index contributed by atoms with van der Waals surface area (Å²) in [5.74, 6) is -0.244. The number of benzene rings is 1. The number of piperazine rings is 1. The number of aromatic nitrogens is 2. The van der Waals surface area contributed by atoms with Crippen molar-refractivity contribution in [3.8, 4) is 0 Å². The molecule has 6 heteroatoms. The quantitative estimate of drug-likeness (QED) is 0.917. The lowest BCUT2D eigenvalue weighted by molar-refractivity contribution is 0.0740. The van der Waals surface area contributed by atoms with Gasteiger partial charge < -0.3 is 9.80 Å². The second-order valence-electron chi connectivity index (χ2n) is 5.18. The first kappa shape index (κ1) is 13.6. The van der Waals surface area contributed by atoms with Crippen molar-refractivity contribution in [3.05, 3.63) is 47.5 Å². The van der Waals surface area contributed by atoms with Gasteiger partial charge in [-0.25, -0.2) is 4.39 Å². The van der Waals surface area contributed by atoms with Crippen LogP contribution in [0.25, 0.3) is 0 Å². The maximum Gasteiger partial charge on any atom is 0.272 e. The molecule has 0 radical (unpaired) electrons. The molecule has 5 nitrogen and oxygen atoms in total. The molecule has 2 aromatic rings. The van der Waals surface area contributed by atoms with Crippen molar-refractivity contribution in [2.75, 3.05) is 31.1 Å². The van der Waals surface area contributed by atoms with Crippen molar-refractivity contribution in [3.63, 3.8) is 0 Å². The SMILES string of the molecule is Cc1cn[nH]c1C(=O)N1CCN(c2ccc(F)cc2)CC1. The zero-order valence-corrected chi connectivity index (χ0v) is 11.8. The second-order valence-corrected chi connectivity index (χ2v) is 5.18. The van der Waals surface area contributed by atoms with Crippen LogP contribution in [0.2, 0.25) is 0 Å². The number of carbonyl (C=O) groups excluding carboxylic acids is 1. The first-order chi connectivity index (χ1) is 10.1. The predicted molar refractivity (Wildman–Crippen MR) is 77.8 cm³/mol. The molecular weight excluding hydrogens is 271 g/mol. The van der Waals surface area contributed by atoms with Crippen molar-refractivity contribution in [2.24, 2.45) is 0 Å². The van der Waals surface area contributed by atoms with Crippen LogP contribution >= 0.6 is 0 Å². The number of carbonyl (C=O) groups is 1. The van der Waals surface area contributed by atoms with E-state index in [9.17, 15) is 9.18 Å². The van der Waals surface area contributed by atoms with E-state index in [2.05, 4.69) is 15.1 Å². The molecule has 2 heterocycles. The molecule has 0 aliphatic carbocycles. The molecule has 110 valence electrons. The molecule has 1 aromatic carbocycles. The molecule has 1 aliphatic heterocycles. The Labute approximate surface area is 122 Å². The highest BCUT2D eigenvalue weighted by Gasteiger charge is 2.24. The highest BCUT2D eigenvalue weighted by molar-refractivity contribution is 5.93. The lowest BCUT2D eigenvalue weighted by Crippen LogP contribution is -2.49. The summed E-state index contributed by atoms with van der Waals surface area (Å²) in [6, 6.07) is 6.46. The van der Waals surface area contributed by atoms with E-state index in [4.69, 9.17) is 0 Å². The second kappa shape index (κ2) is 5.55. The number of aromatic amines is 1. The van der Waals surface area contributed by atoms with Crippen molar-refractivity contribution in [2.45, 2.75) is 6.92 Å². The van der Waals surface area contributed by atoms with E-state index >= 15 is 0 Å². The van der Waals surface area contributed by atoms with Gasteiger partial charge in [-0.05, 0) is 36.8 Å². The van der Waals surface area contributed by atoms with E-state index < -0.39 is 0 Å². The lowest BCUT2D eigenvalue weighted by atomic mass is 10.2. The normalized spacial score (nSPS) is 15.3. The van der Waals surface area contributed by atoms with Crippen LogP contribution in [0.5, 0.6) is 0 Å². The minimum atomic E-state index is -0.234. The number of aryl methyl sites for hydroxylation is 1. The van der Waals surface area contributed by atoms with Gasteiger partial charge in [0.1, 0.15) is 11.5 Å². The predicted octanol–water partition coefficient (Wildman–Crippen LogP) is 1.82. The van der Waals surface area contributed by atoms with Crippen LogP contribution in [0.1, 0.15) is 16.1 Å². The Hall–Kier alpha value is -2.37. The average Bonchev–Trinajstić information content (AvgIpc) is 2.94. The van der Waals surface area contributed by atoms with Crippen LogP contribution in [0.15, 0.2) is 30.5 Å². The number of hydrogen-bond donors (Lipinski definition) is 1. The van der Waals surface area contributed by atoms with E-state index in [0.29, 0.717) is 18.8 Å². The number of amides is 1. The van der Waals surface area contributed by atoms with Gasteiger partial charge in [0, 0.05) is 31.9 Å². The molecule has 1 saturated heterocycles. The summed E-state index contributed by atoms with van der Waals surface area (Å²) in [6.07, 6.45) is 1.65. The molecule has 1 N–H and O–H groups in total. The molecule has 0 spiro atoms. The van der Waals surface area contributed by atoms with Crippen molar-refractivity contribution >= 4 is 11.6 Å². The van der Waals surface area contributed by atoms with Crippen LogP contribution in [-0.2, 0) is 0 Å². The number of nitrogens with zero attached hydrogens (tertiary/aromatic N) is 3. The fourth-order valence-corrected chi connectivity index (χ4v) is 2.54. The van der Waals surface area contributed by atoms with Gasteiger partial charge in [0.15, 0.2) is 0 Å². The van der Waals surface area contributed by atoms with Gasteiger partial charge in [0.2, 0.25) is 0 Å². The van der Waals surface area contributed by atoms with E-state index in [1.165, 1.54) is 12.1 Å². The molecule has 1 fully saturated rings. The van der Waals surface area contributed by atoms with E-state index in [-0.39, 0.29) is 11.7 Å². The summed E-state index contributed by atoms with van der Waals surface area (Å²) >= 11 is 0. The van der Waals surface area contributed by atoms with Crippen molar-refractivity contribution in [1.82, 2.24) is 15.1 Å². The number of nitrogens with one attached hydrogen (secondary N) is 1. The van der Waals surface area contributed by atoms with Crippen LogP contribution in [0.4, 0.5) is 10.1 Å². The average molecular weight is 288 g/mol. The van der Waals surface area contributed by atoms with Crippen LogP contribution in [0.3, 0.4) is 0 Å². The third kappa shape index (κ3) is 2.74. The smallest absolute Gasteiger partial charge is 0.272 e. The Bertz CT molecular complexity index is 629. The first-order valence-corrected chi connectivity index (χ1v) is 6.95. The molecule has 0 saturated carbocycles. The molecule has 1 amide bonds. The number of anilines is 1. The van der Waals surface area contributed by atoms with Gasteiger partial charge in [-0.2, -0.15) is 5.10 Å². The zero-order chi connectivity index (χ0) is 14.8. The third-order valence-electron chi connectivity index (χ3n) is 3.80. The Kier molecular flexibility index (Phi) is 3.60. The van der Waals surface area contributed by atoms with E-state index in [1.807, 2.05) is 11.8 Å². The summed E-state index contributed by atoms with van der Waals surface area (Å²) in [6.45, 7) is 4.64. The lowest BCUT2D eigenvalue weighted by Gasteiger charge is -2.36. The summed E-state index contributed by atoms with van der Waals surface area (Å²) in [4.78, 5) is 16.3. The molecule has 1 aliphatic rings. The van der Waals surface area contributed by atoms with Gasteiger partial charge in [-0.1, -0.05) is 0 Å². The molecule has 0 unspecified atom stereocenters. The molecule has 1 aromatic heterocycles. The third-order valence-corrected chi connectivity index (χ3v) is 3.80. The Balaban J connectivity index is 1.64. The van der Waals surface area contributed by atoms with Gasteiger partial charge in [-0.15, -0.1) is 0 Å². The topological polar surface area (TPSA) is 52.2 Å². The zero-order valence-electron chi connectivity index (χ0n) is 11.8. The minimum Gasteiger partial charge on any atom is -0.368 e. The highest BCUT2D eigenvalue weighted by Crippen LogP contribution is 2.18. The van der Waals surface area contributed by atoms with E-state index in [0.717, 1.165) is 24.3 Å². The molecule has 0 bridgehead atoms.